The Kier molecular flexibility index (Phi) is 4.52. The fraction of sp³-hybridized carbons (Fsp3) is 0.182. The predicted molar refractivity (Wildman–Crippen MR) is 64.7 cm³/mol. The zero-order valence-electron chi connectivity index (χ0n) is 8.29. The van der Waals surface area contributed by atoms with Crippen molar-refractivity contribution < 1.29 is 4.79 Å². The summed E-state index contributed by atoms with van der Waals surface area (Å²) >= 11 is 3.26. The lowest BCUT2D eigenvalue weighted by atomic mass is 10.1. The number of rotatable bonds is 5. The molecule has 0 aromatic heterocycles. The second-order valence-electron chi connectivity index (χ2n) is 3.18. The largest absolute Gasteiger partial charge is 0.366 e. The molecule has 1 aromatic rings. The number of carbonyl (C=O) groups is 1. The first kappa shape index (κ1) is 11.9. The highest BCUT2D eigenvalue weighted by atomic mass is 79.9. The Morgan fingerprint density at radius 3 is 2.47 bits per heavy atom. The van der Waals surface area contributed by atoms with Gasteiger partial charge in [0.1, 0.15) is 0 Å². The van der Waals surface area contributed by atoms with E-state index in [2.05, 4.69) is 27.8 Å². The Balaban J connectivity index is 2.50. The third-order valence-electron chi connectivity index (χ3n) is 1.88. The number of primary amides is 1. The van der Waals surface area contributed by atoms with Gasteiger partial charge in [-0.3, -0.25) is 4.79 Å². The number of carbonyl (C=O) groups excluding carboxylic acids is 1. The zero-order valence-corrected chi connectivity index (χ0v) is 9.88. The number of nitrogens with one attached hydrogen (secondary N) is 1. The molecule has 3 N–H and O–H groups in total. The van der Waals surface area contributed by atoms with Gasteiger partial charge in [0.05, 0.1) is 0 Å². The topological polar surface area (TPSA) is 55.1 Å². The van der Waals surface area contributed by atoms with Crippen LogP contribution in [0.3, 0.4) is 0 Å². The van der Waals surface area contributed by atoms with E-state index in [1.807, 2.05) is 12.1 Å². The van der Waals surface area contributed by atoms with Crippen LogP contribution in [-0.4, -0.2) is 12.5 Å². The third kappa shape index (κ3) is 4.27. The number of benzene rings is 1. The summed E-state index contributed by atoms with van der Waals surface area (Å²) in [6, 6.07) is 7.21. The molecule has 0 fully saturated rings. The molecule has 0 aliphatic carbocycles. The van der Waals surface area contributed by atoms with Crippen molar-refractivity contribution in [2.75, 3.05) is 6.54 Å². The minimum Gasteiger partial charge on any atom is -0.366 e. The highest BCUT2D eigenvalue weighted by molar-refractivity contribution is 9.11. The van der Waals surface area contributed by atoms with Crippen molar-refractivity contribution in [2.45, 2.75) is 6.54 Å². The second kappa shape index (κ2) is 5.68. The maximum atomic E-state index is 10.8. The standard InChI is InChI=1S/C11H13BrN2O/c1-8(12)6-14-7-9-2-4-10(5-3-9)11(13)15/h2-5,14H,1,6-7H2,(H2,13,15). The Bertz CT molecular complexity index is 359. The number of nitrogens with two attached hydrogens (primary N) is 1. The first-order chi connectivity index (χ1) is 7.09. The average Bonchev–Trinajstić information content (AvgIpc) is 2.18. The van der Waals surface area contributed by atoms with Crippen molar-refractivity contribution in [2.24, 2.45) is 5.73 Å². The van der Waals surface area contributed by atoms with Crippen LogP contribution in [-0.2, 0) is 6.54 Å². The molecule has 0 aliphatic rings. The molecule has 0 atom stereocenters. The van der Waals surface area contributed by atoms with E-state index in [0.717, 1.165) is 23.1 Å². The Morgan fingerprint density at radius 2 is 2.00 bits per heavy atom. The van der Waals surface area contributed by atoms with E-state index in [4.69, 9.17) is 5.73 Å². The lowest BCUT2D eigenvalue weighted by molar-refractivity contribution is 0.100. The number of amides is 1. The van der Waals surface area contributed by atoms with Gasteiger partial charge < -0.3 is 11.1 Å². The summed E-state index contributed by atoms with van der Waals surface area (Å²) in [5.74, 6) is -0.400. The number of hydrogen-bond acceptors (Lipinski definition) is 2. The van der Waals surface area contributed by atoms with E-state index in [0.29, 0.717) is 5.56 Å². The highest BCUT2D eigenvalue weighted by Crippen LogP contribution is 2.04. The number of hydrogen-bond donors (Lipinski definition) is 2. The Hall–Kier alpha value is -1.13. The van der Waals surface area contributed by atoms with Gasteiger partial charge in [0.25, 0.3) is 0 Å². The van der Waals surface area contributed by atoms with Crippen molar-refractivity contribution in [1.82, 2.24) is 5.32 Å². The van der Waals surface area contributed by atoms with Crippen molar-refractivity contribution >= 4 is 21.8 Å². The molecule has 1 amide bonds. The van der Waals surface area contributed by atoms with Crippen LogP contribution in [0.2, 0.25) is 0 Å². The summed E-state index contributed by atoms with van der Waals surface area (Å²) in [7, 11) is 0. The van der Waals surface area contributed by atoms with Gasteiger partial charge >= 0.3 is 0 Å². The van der Waals surface area contributed by atoms with Gasteiger partial charge in [-0.15, -0.1) is 0 Å². The van der Waals surface area contributed by atoms with Gasteiger partial charge in [0.2, 0.25) is 5.91 Å². The molecule has 1 aromatic carbocycles. The zero-order chi connectivity index (χ0) is 11.3. The molecular formula is C11H13BrN2O. The predicted octanol–water partition coefficient (Wildman–Crippen LogP) is 1.78. The molecule has 0 saturated heterocycles. The van der Waals surface area contributed by atoms with Gasteiger partial charge in [-0.2, -0.15) is 0 Å². The molecule has 1 rings (SSSR count). The smallest absolute Gasteiger partial charge is 0.248 e. The maximum Gasteiger partial charge on any atom is 0.248 e. The van der Waals surface area contributed by atoms with Crippen LogP contribution in [0.5, 0.6) is 0 Å². The maximum absolute atomic E-state index is 10.8. The lowest BCUT2D eigenvalue weighted by Gasteiger charge is -2.04. The molecule has 0 radical (unpaired) electrons. The Labute approximate surface area is 97.5 Å². The SMILES string of the molecule is C=C(Br)CNCc1ccc(C(N)=O)cc1. The summed E-state index contributed by atoms with van der Waals surface area (Å²) in [4.78, 5) is 10.8. The molecule has 80 valence electrons. The van der Waals surface area contributed by atoms with Crippen molar-refractivity contribution in [1.29, 1.82) is 0 Å². The number of halogens is 1. The van der Waals surface area contributed by atoms with Gasteiger partial charge in [0.15, 0.2) is 0 Å². The first-order valence-electron chi connectivity index (χ1n) is 4.52. The second-order valence-corrected chi connectivity index (χ2v) is 4.30. The van der Waals surface area contributed by atoms with Crippen LogP contribution >= 0.6 is 15.9 Å². The summed E-state index contributed by atoms with van der Waals surface area (Å²) in [5, 5.41) is 3.19. The van der Waals surface area contributed by atoms with Crippen LogP contribution in [0.25, 0.3) is 0 Å². The minimum absolute atomic E-state index is 0.400. The molecule has 4 heteroatoms. The van der Waals surface area contributed by atoms with Gasteiger partial charge in [0, 0.05) is 23.1 Å². The molecule has 0 aliphatic heterocycles. The molecule has 3 nitrogen and oxygen atoms in total. The van der Waals surface area contributed by atoms with Crippen LogP contribution in [0.4, 0.5) is 0 Å². The first-order valence-corrected chi connectivity index (χ1v) is 5.31. The molecular weight excluding hydrogens is 256 g/mol. The van der Waals surface area contributed by atoms with E-state index in [1.54, 1.807) is 12.1 Å². The van der Waals surface area contributed by atoms with Crippen LogP contribution in [0, 0.1) is 0 Å². The molecule has 15 heavy (non-hydrogen) atoms. The normalized spacial score (nSPS) is 9.93. The van der Waals surface area contributed by atoms with Gasteiger partial charge in [-0.05, 0) is 17.7 Å². The van der Waals surface area contributed by atoms with Crippen LogP contribution in [0.15, 0.2) is 35.3 Å². The van der Waals surface area contributed by atoms with E-state index >= 15 is 0 Å². The molecule has 0 unspecified atom stereocenters. The third-order valence-corrected chi connectivity index (χ3v) is 2.16. The summed E-state index contributed by atoms with van der Waals surface area (Å²) in [6.07, 6.45) is 0. The summed E-state index contributed by atoms with van der Waals surface area (Å²) < 4.78 is 0.913. The lowest BCUT2D eigenvalue weighted by Crippen LogP contribution is -2.15. The quantitative estimate of drug-likeness (QED) is 0.856. The molecule has 0 bridgehead atoms. The summed E-state index contributed by atoms with van der Waals surface area (Å²) in [5.41, 5.74) is 6.77. The monoisotopic (exact) mass is 268 g/mol. The van der Waals surface area contributed by atoms with E-state index in [9.17, 15) is 4.79 Å². The van der Waals surface area contributed by atoms with Crippen LogP contribution in [0.1, 0.15) is 15.9 Å². The van der Waals surface area contributed by atoms with Crippen molar-refractivity contribution in [3.8, 4) is 0 Å². The average molecular weight is 269 g/mol. The Morgan fingerprint density at radius 1 is 1.40 bits per heavy atom. The van der Waals surface area contributed by atoms with Gasteiger partial charge in [-0.1, -0.05) is 34.6 Å². The molecule has 0 heterocycles. The fourth-order valence-corrected chi connectivity index (χ4v) is 1.33. The molecule has 0 saturated carbocycles. The van der Waals surface area contributed by atoms with Crippen molar-refractivity contribution in [3.63, 3.8) is 0 Å². The minimum atomic E-state index is -0.400. The van der Waals surface area contributed by atoms with Crippen LogP contribution < -0.4 is 11.1 Å². The fourth-order valence-electron chi connectivity index (χ4n) is 1.13. The highest BCUT2D eigenvalue weighted by Gasteiger charge is 1.99. The van der Waals surface area contributed by atoms with Gasteiger partial charge in [-0.25, -0.2) is 0 Å². The molecule has 0 spiro atoms. The van der Waals surface area contributed by atoms with E-state index < -0.39 is 5.91 Å². The van der Waals surface area contributed by atoms with E-state index in [1.165, 1.54) is 0 Å². The van der Waals surface area contributed by atoms with Crippen molar-refractivity contribution in [3.05, 3.63) is 46.5 Å². The summed E-state index contributed by atoms with van der Waals surface area (Å²) in [6.45, 7) is 5.18. The van der Waals surface area contributed by atoms with E-state index in [-0.39, 0.29) is 0 Å².